The van der Waals surface area contributed by atoms with Crippen molar-refractivity contribution in [2.24, 2.45) is 0 Å². The van der Waals surface area contributed by atoms with E-state index < -0.39 is 0 Å². The van der Waals surface area contributed by atoms with Gasteiger partial charge in [-0.3, -0.25) is 4.79 Å². The van der Waals surface area contributed by atoms with Crippen molar-refractivity contribution in [1.82, 2.24) is 5.32 Å². The molecule has 3 heteroatoms. The van der Waals surface area contributed by atoms with Gasteiger partial charge in [-0.15, -0.1) is 0 Å². The smallest absolute Gasteiger partial charge is 0.229 e. The first kappa shape index (κ1) is 13.2. The maximum Gasteiger partial charge on any atom is 0.229 e. The molecule has 1 amide bonds. The number of carbonyl (C=O) groups excluding carboxylic acids is 1. The number of allylic oxidation sites excluding steroid dienone is 1. The number of rotatable bonds is 4. The monoisotopic (exact) mass is 270 g/mol. The fraction of sp³-hybridized carbons (Fsp3) is 0.471. The van der Waals surface area contributed by atoms with Gasteiger partial charge >= 0.3 is 0 Å². The molecule has 0 saturated heterocycles. The van der Waals surface area contributed by atoms with Gasteiger partial charge in [0.2, 0.25) is 5.91 Å². The molecule has 106 valence electrons. The number of amides is 1. The molecule has 0 spiro atoms. The molecule has 0 aromatic heterocycles. The molecule has 2 aliphatic rings. The largest absolute Gasteiger partial charge is 0.384 e. The molecule has 0 fully saturated rings. The minimum absolute atomic E-state index is 0.0356. The summed E-state index contributed by atoms with van der Waals surface area (Å²) < 4.78 is 0. The number of carbonyl (C=O) groups is 1. The van der Waals surface area contributed by atoms with Gasteiger partial charge in [0.15, 0.2) is 0 Å². The third-order valence-electron chi connectivity index (χ3n) is 4.28. The second-order valence-corrected chi connectivity index (χ2v) is 5.67. The molecular formula is C17H22N2O. The van der Waals surface area contributed by atoms with Crippen LogP contribution in [0.5, 0.6) is 0 Å². The Morgan fingerprint density at radius 3 is 3.05 bits per heavy atom. The maximum atomic E-state index is 12.3. The second-order valence-electron chi connectivity index (χ2n) is 5.67. The fourth-order valence-corrected chi connectivity index (χ4v) is 3.12. The Bertz CT molecular complexity index is 521. The van der Waals surface area contributed by atoms with Gasteiger partial charge in [0, 0.05) is 18.8 Å². The van der Waals surface area contributed by atoms with Gasteiger partial charge in [0.1, 0.15) is 0 Å². The second kappa shape index (κ2) is 6.12. The fourth-order valence-electron chi connectivity index (χ4n) is 3.12. The zero-order valence-corrected chi connectivity index (χ0v) is 11.8. The molecule has 20 heavy (non-hydrogen) atoms. The van der Waals surface area contributed by atoms with Crippen molar-refractivity contribution in [3.05, 3.63) is 41.5 Å². The van der Waals surface area contributed by atoms with Crippen LogP contribution in [0.1, 0.15) is 43.6 Å². The number of hydrogen-bond acceptors (Lipinski definition) is 2. The molecular weight excluding hydrogens is 248 g/mol. The zero-order chi connectivity index (χ0) is 13.8. The van der Waals surface area contributed by atoms with Crippen LogP contribution in [0.2, 0.25) is 0 Å². The predicted octanol–water partition coefficient (Wildman–Crippen LogP) is 3.20. The Morgan fingerprint density at radius 1 is 1.30 bits per heavy atom. The third-order valence-corrected chi connectivity index (χ3v) is 4.28. The van der Waals surface area contributed by atoms with Crippen LogP contribution in [-0.4, -0.2) is 19.0 Å². The van der Waals surface area contributed by atoms with Crippen LogP contribution >= 0.6 is 0 Å². The number of nitrogens with one attached hydrogen (secondary N) is 2. The van der Waals surface area contributed by atoms with E-state index in [1.807, 2.05) is 24.3 Å². The minimum Gasteiger partial charge on any atom is -0.384 e. The van der Waals surface area contributed by atoms with Gasteiger partial charge in [0.25, 0.3) is 0 Å². The van der Waals surface area contributed by atoms with Crippen molar-refractivity contribution in [3.8, 4) is 0 Å². The molecule has 2 N–H and O–H groups in total. The molecule has 1 atom stereocenters. The maximum absolute atomic E-state index is 12.3. The molecule has 3 nitrogen and oxygen atoms in total. The average Bonchev–Trinajstić information content (AvgIpc) is 2.92. The van der Waals surface area contributed by atoms with E-state index in [-0.39, 0.29) is 11.8 Å². The highest BCUT2D eigenvalue weighted by Crippen LogP contribution is 2.31. The summed E-state index contributed by atoms with van der Waals surface area (Å²) in [6.07, 6.45) is 8.41. The Kier molecular flexibility index (Phi) is 4.05. The highest BCUT2D eigenvalue weighted by Gasteiger charge is 2.27. The first-order valence-electron chi connectivity index (χ1n) is 7.63. The van der Waals surface area contributed by atoms with Crippen molar-refractivity contribution in [1.29, 1.82) is 0 Å². The molecule has 1 aliphatic heterocycles. The molecule has 0 radical (unpaired) electrons. The summed E-state index contributed by atoms with van der Waals surface area (Å²) in [7, 11) is 0. The molecule has 3 rings (SSSR count). The van der Waals surface area contributed by atoms with Gasteiger partial charge in [-0.25, -0.2) is 0 Å². The van der Waals surface area contributed by atoms with E-state index in [4.69, 9.17) is 0 Å². The first-order chi connectivity index (χ1) is 9.84. The van der Waals surface area contributed by atoms with Crippen LogP contribution in [0.25, 0.3) is 0 Å². The van der Waals surface area contributed by atoms with Crippen molar-refractivity contribution >= 4 is 11.6 Å². The number of hydrogen-bond donors (Lipinski definition) is 2. The van der Waals surface area contributed by atoms with E-state index in [1.54, 1.807) is 0 Å². The summed E-state index contributed by atoms with van der Waals surface area (Å²) in [6, 6.07) is 8.08. The molecule has 1 unspecified atom stereocenters. The van der Waals surface area contributed by atoms with Crippen LogP contribution in [0.4, 0.5) is 5.69 Å². The number of fused-ring (bicyclic) bond motifs is 1. The Hall–Kier alpha value is -1.77. The van der Waals surface area contributed by atoms with Crippen LogP contribution in [0.3, 0.4) is 0 Å². The SMILES string of the molecule is O=C(NCCC1=CCCCC1)C1CNc2ccccc21. The van der Waals surface area contributed by atoms with Crippen molar-refractivity contribution in [3.63, 3.8) is 0 Å². The number of benzene rings is 1. The normalized spacial score (nSPS) is 20.8. The molecule has 1 aromatic carbocycles. The lowest BCUT2D eigenvalue weighted by atomic mass is 9.97. The third kappa shape index (κ3) is 2.87. The lowest BCUT2D eigenvalue weighted by molar-refractivity contribution is -0.122. The lowest BCUT2D eigenvalue weighted by Gasteiger charge is -2.14. The summed E-state index contributed by atoms with van der Waals surface area (Å²) in [4.78, 5) is 12.3. The standard InChI is InChI=1S/C17H22N2O/c20-17(18-11-10-13-6-2-1-3-7-13)15-12-19-16-9-5-4-8-14(15)16/h4-6,8-9,15,19H,1-3,7,10-12H2,(H,18,20). The summed E-state index contributed by atoms with van der Waals surface area (Å²) in [5.41, 5.74) is 3.74. The van der Waals surface area contributed by atoms with Gasteiger partial charge in [-0.2, -0.15) is 0 Å². The lowest BCUT2D eigenvalue weighted by Crippen LogP contribution is -2.31. The van der Waals surface area contributed by atoms with Gasteiger partial charge in [-0.05, 0) is 43.7 Å². The van der Waals surface area contributed by atoms with Crippen molar-refractivity contribution in [2.45, 2.75) is 38.0 Å². The molecule has 0 bridgehead atoms. The predicted molar refractivity (Wildman–Crippen MR) is 81.9 cm³/mol. The van der Waals surface area contributed by atoms with E-state index in [9.17, 15) is 4.79 Å². The van der Waals surface area contributed by atoms with E-state index >= 15 is 0 Å². The summed E-state index contributed by atoms with van der Waals surface area (Å²) in [6.45, 7) is 1.48. The van der Waals surface area contributed by atoms with E-state index in [2.05, 4.69) is 16.7 Å². The van der Waals surface area contributed by atoms with Gasteiger partial charge in [-0.1, -0.05) is 29.8 Å². The molecule has 0 saturated carbocycles. The highest BCUT2D eigenvalue weighted by atomic mass is 16.1. The zero-order valence-electron chi connectivity index (χ0n) is 11.8. The van der Waals surface area contributed by atoms with Crippen molar-refractivity contribution < 1.29 is 4.79 Å². The van der Waals surface area contributed by atoms with Gasteiger partial charge < -0.3 is 10.6 Å². The minimum atomic E-state index is -0.0356. The van der Waals surface area contributed by atoms with E-state index in [0.29, 0.717) is 6.54 Å². The average molecular weight is 270 g/mol. The summed E-state index contributed by atoms with van der Waals surface area (Å²) in [5.74, 6) is 0.116. The Balaban J connectivity index is 1.52. The first-order valence-corrected chi connectivity index (χ1v) is 7.63. The summed E-state index contributed by atoms with van der Waals surface area (Å²) in [5, 5.41) is 6.39. The number of anilines is 1. The molecule has 1 aliphatic carbocycles. The molecule has 1 aromatic rings. The van der Waals surface area contributed by atoms with Crippen LogP contribution in [0.15, 0.2) is 35.9 Å². The summed E-state index contributed by atoms with van der Waals surface area (Å²) >= 11 is 0. The molecule has 1 heterocycles. The van der Waals surface area contributed by atoms with E-state index in [0.717, 1.165) is 24.2 Å². The van der Waals surface area contributed by atoms with Crippen LogP contribution < -0.4 is 10.6 Å². The van der Waals surface area contributed by atoms with Crippen LogP contribution in [-0.2, 0) is 4.79 Å². The van der Waals surface area contributed by atoms with Crippen LogP contribution in [0, 0.1) is 0 Å². The quantitative estimate of drug-likeness (QED) is 0.825. The highest BCUT2D eigenvalue weighted by molar-refractivity contribution is 5.88. The van der Waals surface area contributed by atoms with Gasteiger partial charge in [0.05, 0.1) is 5.92 Å². The number of para-hydroxylation sites is 1. The van der Waals surface area contributed by atoms with E-state index in [1.165, 1.54) is 31.3 Å². The Morgan fingerprint density at radius 2 is 2.20 bits per heavy atom. The Labute approximate surface area is 120 Å². The topological polar surface area (TPSA) is 41.1 Å². The van der Waals surface area contributed by atoms with Crippen molar-refractivity contribution in [2.75, 3.05) is 18.4 Å².